The van der Waals surface area contributed by atoms with Gasteiger partial charge in [-0.25, -0.2) is 0 Å². The normalized spacial score (nSPS) is 15.1. The predicted octanol–water partition coefficient (Wildman–Crippen LogP) is 0.0601. The summed E-state index contributed by atoms with van der Waals surface area (Å²) in [5.41, 5.74) is 0. The molecule has 0 aliphatic rings. The van der Waals surface area contributed by atoms with Gasteiger partial charge in [-0.3, -0.25) is 10.1 Å². The molecule has 0 spiro atoms. The molecule has 0 bridgehead atoms. The minimum Gasteiger partial charge on any atom is -0.354 e. The lowest BCUT2D eigenvalue weighted by atomic mass is 10.2. The number of carbonyl (C=O) groups is 1. The Morgan fingerprint density at radius 1 is 1.20 bits per heavy atom. The first-order valence-corrected chi connectivity index (χ1v) is 4.96. The van der Waals surface area contributed by atoms with E-state index in [1.807, 2.05) is 13.8 Å². The summed E-state index contributed by atoms with van der Waals surface area (Å²) in [4.78, 5) is 13.1. The standard InChI is InChI=1S/C10H22N2O3/c1-7(9(13)12(3)4)11-8(2)10(14-5)15-6/h7-8,10-11H,1-6H3. The molecule has 0 aliphatic carbocycles. The molecule has 1 N–H and O–H groups in total. The molecule has 15 heavy (non-hydrogen) atoms. The van der Waals surface area contributed by atoms with Gasteiger partial charge in [-0.2, -0.15) is 0 Å². The zero-order valence-corrected chi connectivity index (χ0v) is 10.4. The van der Waals surface area contributed by atoms with Gasteiger partial charge in [-0.15, -0.1) is 0 Å². The first kappa shape index (κ1) is 14.3. The number of carbonyl (C=O) groups excluding carboxylic acids is 1. The Bertz CT molecular complexity index is 193. The van der Waals surface area contributed by atoms with Crippen molar-refractivity contribution in [1.82, 2.24) is 10.2 Å². The molecule has 0 fully saturated rings. The van der Waals surface area contributed by atoms with Crippen LogP contribution in [0.5, 0.6) is 0 Å². The van der Waals surface area contributed by atoms with Gasteiger partial charge in [0.05, 0.1) is 12.1 Å². The highest BCUT2D eigenvalue weighted by Crippen LogP contribution is 2.01. The van der Waals surface area contributed by atoms with Crippen molar-refractivity contribution in [3.05, 3.63) is 0 Å². The van der Waals surface area contributed by atoms with Crippen LogP contribution < -0.4 is 5.32 Å². The van der Waals surface area contributed by atoms with Crippen molar-refractivity contribution in [2.75, 3.05) is 28.3 Å². The van der Waals surface area contributed by atoms with Crippen LogP contribution in [0.15, 0.2) is 0 Å². The third kappa shape index (κ3) is 4.59. The lowest BCUT2D eigenvalue weighted by Gasteiger charge is -2.26. The van der Waals surface area contributed by atoms with Crippen molar-refractivity contribution in [3.8, 4) is 0 Å². The average Bonchev–Trinajstić information content (AvgIpc) is 2.18. The molecule has 0 radical (unpaired) electrons. The van der Waals surface area contributed by atoms with E-state index in [2.05, 4.69) is 5.32 Å². The van der Waals surface area contributed by atoms with Gasteiger partial charge in [-0.1, -0.05) is 0 Å². The smallest absolute Gasteiger partial charge is 0.238 e. The molecular weight excluding hydrogens is 196 g/mol. The second-order valence-electron chi connectivity index (χ2n) is 3.75. The summed E-state index contributed by atoms with van der Waals surface area (Å²) >= 11 is 0. The summed E-state index contributed by atoms with van der Waals surface area (Å²) in [7, 11) is 6.61. The molecule has 2 unspecified atom stereocenters. The van der Waals surface area contributed by atoms with E-state index in [1.54, 1.807) is 33.2 Å². The van der Waals surface area contributed by atoms with Crippen LogP contribution in [0.1, 0.15) is 13.8 Å². The minimum absolute atomic E-state index is 0.0350. The first-order valence-electron chi connectivity index (χ1n) is 4.96. The summed E-state index contributed by atoms with van der Waals surface area (Å²) in [6.45, 7) is 3.73. The molecule has 0 heterocycles. The van der Waals surface area contributed by atoms with Crippen LogP contribution in [0.3, 0.4) is 0 Å². The van der Waals surface area contributed by atoms with Gasteiger partial charge in [0.2, 0.25) is 5.91 Å². The maximum atomic E-state index is 11.6. The van der Waals surface area contributed by atoms with E-state index in [1.165, 1.54) is 0 Å². The van der Waals surface area contributed by atoms with E-state index in [4.69, 9.17) is 9.47 Å². The van der Waals surface area contributed by atoms with E-state index in [9.17, 15) is 4.79 Å². The minimum atomic E-state index is -0.345. The fourth-order valence-corrected chi connectivity index (χ4v) is 1.44. The van der Waals surface area contributed by atoms with E-state index in [0.717, 1.165) is 0 Å². The van der Waals surface area contributed by atoms with Gasteiger partial charge < -0.3 is 14.4 Å². The maximum absolute atomic E-state index is 11.6. The number of nitrogens with zero attached hydrogens (tertiary/aromatic N) is 1. The summed E-state index contributed by atoms with van der Waals surface area (Å²) in [5, 5.41) is 3.12. The molecular formula is C10H22N2O3. The Morgan fingerprint density at radius 3 is 2.00 bits per heavy atom. The Labute approximate surface area is 91.7 Å². The number of hydrogen-bond acceptors (Lipinski definition) is 4. The van der Waals surface area contributed by atoms with Gasteiger partial charge in [0.15, 0.2) is 6.29 Å². The van der Waals surface area contributed by atoms with E-state index < -0.39 is 0 Å². The summed E-state index contributed by atoms with van der Waals surface area (Å²) in [6.07, 6.45) is -0.345. The molecule has 0 aliphatic heterocycles. The van der Waals surface area contributed by atoms with Crippen molar-refractivity contribution in [1.29, 1.82) is 0 Å². The predicted molar refractivity (Wildman–Crippen MR) is 58.6 cm³/mol. The van der Waals surface area contributed by atoms with Gasteiger partial charge in [0, 0.05) is 28.3 Å². The Kier molecular flexibility index (Phi) is 6.47. The van der Waals surface area contributed by atoms with E-state index in [0.29, 0.717) is 0 Å². The second kappa shape index (κ2) is 6.76. The molecule has 2 atom stereocenters. The Hall–Kier alpha value is -0.650. The SMILES string of the molecule is COC(OC)C(C)NC(C)C(=O)N(C)C. The topological polar surface area (TPSA) is 50.8 Å². The molecule has 90 valence electrons. The average molecular weight is 218 g/mol. The van der Waals surface area contributed by atoms with Crippen LogP contribution >= 0.6 is 0 Å². The van der Waals surface area contributed by atoms with Gasteiger partial charge in [-0.05, 0) is 13.8 Å². The summed E-state index contributed by atoms with van der Waals surface area (Å²) in [6, 6.07) is -0.290. The van der Waals surface area contributed by atoms with Crippen molar-refractivity contribution in [2.24, 2.45) is 0 Å². The number of rotatable bonds is 6. The lowest BCUT2D eigenvalue weighted by Crippen LogP contribution is -2.49. The number of methoxy groups -OCH3 is 2. The van der Waals surface area contributed by atoms with Crippen molar-refractivity contribution >= 4 is 5.91 Å². The van der Waals surface area contributed by atoms with Crippen LogP contribution in [0, 0.1) is 0 Å². The zero-order valence-electron chi connectivity index (χ0n) is 10.4. The number of amides is 1. The van der Waals surface area contributed by atoms with Gasteiger partial charge >= 0.3 is 0 Å². The molecule has 0 saturated carbocycles. The van der Waals surface area contributed by atoms with Crippen LogP contribution in [-0.4, -0.2) is 57.5 Å². The number of likely N-dealkylation sites (N-methyl/N-ethyl adjacent to an activating group) is 1. The molecule has 1 amide bonds. The first-order chi connectivity index (χ1) is 6.93. The largest absolute Gasteiger partial charge is 0.354 e. The zero-order chi connectivity index (χ0) is 12.0. The summed E-state index contributed by atoms with van der Waals surface area (Å²) < 4.78 is 10.2. The maximum Gasteiger partial charge on any atom is 0.238 e. The van der Waals surface area contributed by atoms with E-state index in [-0.39, 0.29) is 24.3 Å². The molecule has 0 aromatic rings. The van der Waals surface area contributed by atoms with Gasteiger partial charge in [0.25, 0.3) is 0 Å². The quantitative estimate of drug-likeness (QED) is 0.641. The molecule has 5 nitrogen and oxygen atoms in total. The highest BCUT2D eigenvalue weighted by atomic mass is 16.7. The Morgan fingerprint density at radius 2 is 1.67 bits per heavy atom. The molecule has 0 rings (SSSR count). The van der Waals surface area contributed by atoms with Crippen LogP contribution in [0.25, 0.3) is 0 Å². The molecule has 0 saturated heterocycles. The summed E-state index contributed by atoms with van der Waals surface area (Å²) in [5.74, 6) is 0.0350. The number of nitrogens with one attached hydrogen (secondary N) is 1. The van der Waals surface area contributed by atoms with Crippen molar-refractivity contribution in [3.63, 3.8) is 0 Å². The highest BCUT2D eigenvalue weighted by molar-refractivity contribution is 5.80. The molecule has 5 heteroatoms. The number of ether oxygens (including phenoxy) is 2. The Balaban J connectivity index is 4.16. The van der Waals surface area contributed by atoms with Crippen LogP contribution in [-0.2, 0) is 14.3 Å². The molecule has 0 aromatic carbocycles. The fraction of sp³-hybridized carbons (Fsp3) is 0.900. The monoisotopic (exact) mass is 218 g/mol. The lowest BCUT2D eigenvalue weighted by molar-refractivity contribution is -0.135. The fourth-order valence-electron chi connectivity index (χ4n) is 1.44. The molecule has 0 aromatic heterocycles. The van der Waals surface area contributed by atoms with E-state index >= 15 is 0 Å². The van der Waals surface area contributed by atoms with Crippen LogP contribution in [0.2, 0.25) is 0 Å². The number of hydrogen-bond donors (Lipinski definition) is 1. The van der Waals surface area contributed by atoms with Crippen molar-refractivity contribution in [2.45, 2.75) is 32.2 Å². The van der Waals surface area contributed by atoms with Crippen molar-refractivity contribution < 1.29 is 14.3 Å². The second-order valence-corrected chi connectivity index (χ2v) is 3.75. The van der Waals surface area contributed by atoms with Gasteiger partial charge in [0.1, 0.15) is 0 Å². The van der Waals surface area contributed by atoms with Crippen LogP contribution in [0.4, 0.5) is 0 Å². The third-order valence-electron chi connectivity index (χ3n) is 2.20. The highest BCUT2D eigenvalue weighted by Gasteiger charge is 2.22. The third-order valence-corrected chi connectivity index (χ3v) is 2.20.